The van der Waals surface area contributed by atoms with E-state index >= 15 is 0 Å². The van der Waals surface area contributed by atoms with Gasteiger partial charge in [0.25, 0.3) is 0 Å². The fourth-order valence-electron chi connectivity index (χ4n) is 5.91. The third kappa shape index (κ3) is 4.48. The molecule has 0 spiro atoms. The maximum atomic E-state index is 12.5. The molecule has 0 saturated carbocycles. The molecular formula is C29H30N6O4. The maximum Gasteiger partial charge on any atom is 0.238 e. The van der Waals surface area contributed by atoms with Gasteiger partial charge < -0.3 is 24.2 Å². The third-order valence-corrected chi connectivity index (χ3v) is 7.94. The molecule has 4 aliphatic heterocycles. The zero-order chi connectivity index (χ0) is 26.3. The molecule has 0 aliphatic carbocycles. The number of morpholine rings is 1. The zero-order valence-electron chi connectivity index (χ0n) is 21.7. The molecule has 0 unspecified atom stereocenters. The van der Waals surface area contributed by atoms with Crippen molar-refractivity contribution in [3.8, 4) is 17.0 Å². The lowest BCUT2D eigenvalue weighted by atomic mass is 10.1. The number of hydrogen-bond donors (Lipinski definition) is 0. The van der Waals surface area contributed by atoms with Crippen LogP contribution in [0.4, 0.5) is 17.2 Å². The van der Waals surface area contributed by atoms with Crippen LogP contribution in [0.15, 0.2) is 42.7 Å². The van der Waals surface area contributed by atoms with Crippen LogP contribution in [0.1, 0.15) is 37.1 Å². The Labute approximate surface area is 226 Å². The minimum atomic E-state index is 0.0838. The van der Waals surface area contributed by atoms with E-state index in [9.17, 15) is 9.59 Å². The number of anilines is 3. The fourth-order valence-corrected chi connectivity index (χ4v) is 5.91. The molecule has 0 bridgehead atoms. The molecule has 3 aromatic rings. The van der Waals surface area contributed by atoms with Crippen LogP contribution in [0.3, 0.4) is 0 Å². The molecule has 1 atom stereocenters. The number of aromatic nitrogens is 3. The van der Waals surface area contributed by atoms with Crippen molar-refractivity contribution in [1.29, 1.82) is 0 Å². The second kappa shape index (κ2) is 9.92. The van der Waals surface area contributed by atoms with Crippen molar-refractivity contribution < 1.29 is 19.1 Å². The molecule has 7 rings (SSSR count). The van der Waals surface area contributed by atoms with Crippen LogP contribution in [-0.4, -0.2) is 72.3 Å². The topological polar surface area (TPSA) is 101 Å². The molecule has 0 N–H and O–H groups in total. The third-order valence-electron chi connectivity index (χ3n) is 7.94. The Balaban J connectivity index is 1.19. The van der Waals surface area contributed by atoms with Gasteiger partial charge in [-0.3, -0.25) is 9.59 Å². The van der Waals surface area contributed by atoms with E-state index in [1.165, 1.54) is 0 Å². The predicted molar refractivity (Wildman–Crippen MR) is 145 cm³/mol. The van der Waals surface area contributed by atoms with Crippen molar-refractivity contribution in [1.82, 2.24) is 15.0 Å². The molecule has 2 aromatic heterocycles. The van der Waals surface area contributed by atoms with Crippen molar-refractivity contribution >= 4 is 29.0 Å². The summed E-state index contributed by atoms with van der Waals surface area (Å²) in [6, 6.07) is 10.2. The normalized spacial score (nSPS) is 20.7. The summed E-state index contributed by atoms with van der Waals surface area (Å²) in [5.74, 6) is 2.37. The van der Waals surface area contributed by atoms with Gasteiger partial charge >= 0.3 is 0 Å². The van der Waals surface area contributed by atoms with E-state index in [0.29, 0.717) is 50.8 Å². The van der Waals surface area contributed by atoms with Crippen molar-refractivity contribution in [3.05, 3.63) is 54.1 Å². The Morgan fingerprint density at radius 2 is 1.79 bits per heavy atom. The van der Waals surface area contributed by atoms with E-state index in [0.717, 1.165) is 66.4 Å². The summed E-state index contributed by atoms with van der Waals surface area (Å²) in [4.78, 5) is 44.9. The Morgan fingerprint density at radius 1 is 0.949 bits per heavy atom. The molecule has 6 heterocycles. The molecule has 1 aromatic carbocycles. The molecule has 3 fully saturated rings. The van der Waals surface area contributed by atoms with E-state index < -0.39 is 0 Å². The van der Waals surface area contributed by atoms with Crippen LogP contribution in [0.25, 0.3) is 11.1 Å². The zero-order valence-corrected chi connectivity index (χ0v) is 21.7. The summed E-state index contributed by atoms with van der Waals surface area (Å²) in [5.41, 5.74) is 4.55. The lowest BCUT2D eigenvalue weighted by Gasteiger charge is -2.31. The van der Waals surface area contributed by atoms with Gasteiger partial charge in [-0.15, -0.1) is 0 Å². The van der Waals surface area contributed by atoms with Crippen molar-refractivity contribution in [3.63, 3.8) is 0 Å². The van der Waals surface area contributed by atoms with Crippen molar-refractivity contribution in [2.75, 3.05) is 54.2 Å². The first-order chi connectivity index (χ1) is 19.1. The molecule has 2 amide bonds. The molecule has 10 heteroatoms. The highest BCUT2D eigenvalue weighted by atomic mass is 16.5. The smallest absolute Gasteiger partial charge is 0.238 e. The Bertz CT molecular complexity index is 1420. The van der Waals surface area contributed by atoms with Crippen LogP contribution in [0, 0.1) is 0 Å². The second-order valence-corrected chi connectivity index (χ2v) is 10.4. The highest BCUT2D eigenvalue weighted by molar-refractivity contribution is 5.98. The number of fused-ring (bicyclic) bond motifs is 3. The summed E-state index contributed by atoms with van der Waals surface area (Å²) in [6.07, 6.45) is 7.02. The van der Waals surface area contributed by atoms with Crippen LogP contribution in [0.2, 0.25) is 0 Å². The van der Waals surface area contributed by atoms with E-state index in [-0.39, 0.29) is 17.9 Å². The summed E-state index contributed by atoms with van der Waals surface area (Å²) in [7, 11) is 0. The van der Waals surface area contributed by atoms with Crippen LogP contribution in [-0.2, 0) is 20.7 Å². The summed E-state index contributed by atoms with van der Waals surface area (Å²) in [6.45, 7) is 4.06. The molecule has 10 nitrogen and oxygen atoms in total. The van der Waals surface area contributed by atoms with Crippen LogP contribution in [0.5, 0.6) is 5.88 Å². The quantitative estimate of drug-likeness (QED) is 0.500. The van der Waals surface area contributed by atoms with Gasteiger partial charge in [0.1, 0.15) is 23.9 Å². The molecule has 39 heavy (non-hydrogen) atoms. The van der Waals surface area contributed by atoms with Gasteiger partial charge in [-0.2, -0.15) is 0 Å². The number of hydrogen-bond acceptors (Lipinski definition) is 8. The highest BCUT2D eigenvalue weighted by Crippen LogP contribution is 2.38. The number of carbonyl (C=O) groups excluding carboxylic acids is 2. The van der Waals surface area contributed by atoms with Crippen molar-refractivity contribution in [2.45, 2.75) is 38.1 Å². The minimum absolute atomic E-state index is 0.0838. The van der Waals surface area contributed by atoms with E-state index in [2.05, 4.69) is 9.88 Å². The highest BCUT2D eigenvalue weighted by Gasteiger charge is 2.38. The van der Waals surface area contributed by atoms with Gasteiger partial charge in [-0.25, -0.2) is 15.0 Å². The molecule has 4 aliphatic rings. The van der Waals surface area contributed by atoms with E-state index in [1.54, 1.807) is 6.20 Å². The van der Waals surface area contributed by atoms with Gasteiger partial charge in [0.05, 0.1) is 19.3 Å². The lowest BCUT2D eigenvalue weighted by molar-refractivity contribution is -0.118. The SMILES string of the molecule is O=C1CCCN1c1ccc(-c2cnc(Cc3cnc4c(c3)N3C(=O)CC[C@H]3CO4)nc2N2CCOCC2)cc1. The summed E-state index contributed by atoms with van der Waals surface area (Å²) >= 11 is 0. The standard InChI is InChI=1S/C29H30N6O4/c36-26-2-1-9-34(26)21-5-3-20(4-6-21)23-17-30-25(32-28(23)33-10-12-38-13-11-33)15-19-14-24-29(31-16-19)39-18-22-7-8-27(37)35(22)24/h3-6,14,16-17,22H,1-2,7-13,15,18H2/t22-/m0/s1. The Morgan fingerprint density at radius 3 is 2.59 bits per heavy atom. The second-order valence-electron chi connectivity index (χ2n) is 10.4. The van der Waals surface area contributed by atoms with Gasteiger partial charge in [-0.05, 0) is 42.2 Å². The molecule has 3 saturated heterocycles. The number of carbonyl (C=O) groups is 2. The first-order valence-electron chi connectivity index (χ1n) is 13.7. The number of nitrogens with zero attached hydrogens (tertiary/aromatic N) is 6. The predicted octanol–water partition coefficient (Wildman–Crippen LogP) is 2.98. The lowest BCUT2D eigenvalue weighted by Crippen LogP contribution is -2.40. The molecule has 0 radical (unpaired) electrons. The van der Waals surface area contributed by atoms with Gasteiger partial charge in [-0.1, -0.05) is 12.1 Å². The van der Waals surface area contributed by atoms with Gasteiger partial charge in [0.15, 0.2) is 0 Å². The average Bonchev–Trinajstić information content (AvgIpc) is 3.59. The largest absolute Gasteiger partial charge is 0.474 e. The monoisotopic (exact) mass is 526 g/mol. The van der Waals surface area contributed by atoms with Gasteiger partial charge in [0, 0.05) is 62.5 Å². The molecular weight excluding hydrogens is 496 g/mol. The minimum Gasteiger partial charge on any atom is -0.474 e. The maximum absolute atomic E-state index is 12.5. The number of pyridine rings is 1. The van der Waals surface area contributed by atoms with Gasteiger partial charge in [0.2, 0.25) is 17.7 Å². The van der Waals surface area contributed by atoms with Crippen LogP contribution < -0.4 is 19.4 Å². The first-order valence-corrected chi connectivity index (χ1v) is 13.7. The molecule has 200 valence electrons. The number of benzene rings is 1. The number of ether oxygens (including phenoxy) is 2. The fraction of sp³-hybridized carbons (Fsp3) is 0.414. The first kappa shape index (κ1) is 24.0. The number of rotatable bonds is 5. The average molecular weight is 527 g/mol. The number of amides is 2. The Hall–Kier alpha value is -4.05. The van der Waals surface area contributed by atoms with Crippen LogP contribution >= 0.6 is 0 Å². The van der Waals surface area contributed by atoms with E-state index in [4.69, 9.17) is 19.4 Å². The summed E-state index contributed by atoms with van der Waals surface area (Å²) in [5, 5.41) is 0. The summed E-state index contributed by atoms with van der Waals surface area (Å²) < 4.78 is 11.4. The Kier molecular flexibility index (Phi) is 6.11. The van der Waals surface area contributed by atoms with E-state index in [1.807, 2.05) is 46.3 Å². The van der Waals surface area contributed by atoms with Crippen molar-refractivity contribution in [2.24, 2.45) is 0 Å².